The van der Waals surface area contributed by atoms with E-state index < -0.39 is 36.2 Å². The average molecular weight is 641 g/mol. The summed E-state index contributed by atoms with van der Waals surface area (Å²) in [7, 11) is 1.56. The highest BCUT2D eigenvalue weighted by atomic mass is 16.6. The van der Waals surface area contributed by atoms with Gasteiger partial charge >= 0.3 is 12.1 Å². The molecule has 2 fully saturated rings. The summed E-state index contributed by atoms with van der Waals surface area (Å²) in [4.78, 5) is 56.7. The van der Waals surface area contributed by atoms with Crippen molar-refractivity contribution in [3.05, 3.63) is 96.1 Å². The van der Waals surface area contributed by atoms with Gasteiger partial charge < -0.3 is 30.7 Å². The number of carbonyl (C=O) groups is 4. The molecule has 1 saturated carbocycles. The fourth-order valence-electron chi connectivity index (χ4n) is 6.25. The molecule has 0 radical (unpaired) electrons. The van der Waals surface area contributed by atoms with E-state index in [1.807, 2.05) is 72.8 Å². The first-order chi connectivity index (χ1) is 22.6. The molecule has 5 rings (SSSR count). The number of aliphatic hydroxyl groups excluding tert-OH is 1. The molecule has 2 atom stereocenters. The molecule has 3 amide bonds. The molecule has 2 unspecified atom stereocenters. The van der Waals surface area contributed by atoms with Crippen LogP contribution in [0.2, 0.25) is 0 Å². The number of alkyl carbamates (subject to hydrolysis) is 1. The van der Waals surface area contributed by atoms with Crippen LogP contribution in [0.3, 0.4) is 0 Å². The van der Waals surface area contributed by atoms with Gasteiger partial charge in [-0.05, 0) is 60.4 Å². The maximum Gasteiger partial charge on any atom is 0.415 e. The Morgan fingerprint density at radius 2 is 1.66 bits per heavy atom. The van der Waals surface area contributed by atoms with Gasteiger partial charge in [0.25, 0.3) is 0 Å². The van der Waals surface area contributed by atoms with E-state index in [0.717, 1.165) is 41.2 Å². The van der Waals surface area contributed by atoms with Crippen LogP contribution in [0.25, 0.3) is 10.8 Å². The highest BCUT2D eigenvalue weighted by Gasteiger charge is 2.36. The molecule has 3 aromatic rings. The lowest BCUT2D eigenvalue weighted by atomic mass is 9.75. The number of hydrogen-bond donors (Lipinski definition) is 3. The number of rotatable bonds is 11. The lowest BCUT2D eigenvalue weighted by Gasteiger charge is -2.37. The van der Waals surface area contributed by atoms with Crippen molar-refractivity contribution < 1.29 is 29.0 Å². The molecule has 0 bridgehead atoms. The molecule has 3 aromatic carbocycles. The summed E-state index contributed by atoms with van der Waals surface area (Å²) in [6.07, 6.45) is 5.89. The van der Waals surface area contributed by atoms with Crippen LogP contribution in [0.15, 0.2) is 84.9 Å². The second kappa shape index (κ2) is 15.4. The predicted molar refractivity (Wildman–Crippen MR) is 179 cm³/mol. The van der Waals surface area contributed by atoms with Crippen LogP contribution in [0.1, 0.15) is 49.7 Å². The Kier molecular flexibility index (Phi) is 11.1. The van der Waals surface area contributed by atoms with Gasteiger partial charge in [0, 0.05) is 44.6 Å². The zero-order valence-electron chi connectivity index (χ0n) is 26.8. The Morgan fingerprint density at radius 1 is 0.979 bits per heavy atom. The summed E-state index contributed by atoms with van der Waals surface area (Å²) in [5.41, 5.74) is 7.55. The Labute approximate surface area is 275 Å². The lowest BCUT2D eigenvalue weighted by molar-refractivity contribution is -0.146. The van der Waals surface area contributed by atoms with Crippen LogP contribution in [0.4, 0.5) is 4.79 Å². The van der Waals surface area contributed by atoms with E-state index in [2.05, 4.69) is 5.32 Å². The van der Waals surface area contributed by atoms with E-state index in [-0.39, 0.29) is 24.3 Å². The predicted octanol–water partition coefficient (Wildman–Crippen LogP) is 3.88. The normalized spacial score (nSPS) is 17.5. The highest BCUT2D eigenvalue weighted by Crippen LogP contribution is 2.32. The highest BCUT2D eigenvalue weighted by molar-refractivity contribution is 5.95. The smallest absolute Gasteiger partial charge is 0.393 e. The summed E-state index contributed by atoms with van der Waals surface area (Å²) in [5.74, 6) is -1.59. The second-order valence-electron chi connectivity index (χ2n) is 12.8. The van der Waals surface area contributed by atoms with Gasteiger partial charge in [0.15, 0.2) is 0 Å². The molecule has 2 aliphatic rings. The van der Waals surface area contributed by atoms with Crippen molar-refractivity contribution in [2.45, 2.75) is 75.1 Å². The van der Waals surface area contributed by atoms with E-state index in [1.165, 1.54) is 11.0 Å². The first-order valence-corrected chi connectivity index (χ1v) is 16.3. The maximum absolute atomic E-state index is 14.3. The van der Waals surface area contributed by atoms with E-state index >= 15 is 0 Å². The Bertz CT molecular complexity index is 1600. The van der Waals surface area contributed by atoms with Crippen LogP contribution in [0.5, 0.6) is 0 Å². The summed E-state index contributed by atoms with van der Waals surface area (Å²) >= 11 is 0. The number of amides is 3. The zero-order valence-corrected chi connectivity index (χ0v) is 26.8. The zero-order chi connectivity index (χ0) is 33.4. The Balaban J connectivity index is 1.36. The molecule has 1 aliphatic heterocycles. The van der Waals surface area contributed by atoms with Crippen LogP contribution < -0.4 is 11.1 Å². The average Bonchev–Trinajstić information content (AvgIpc) is 3.06. The number of likely N-dealkylation sites (N-methyl/N-ethyl adjacent to an activating group) is 1. The summed E-state index contributed by atoms with van der Waals surface area (Å²) in [6.45, 7) is 0.776. The summed E-state index contributed by atoms with van der Waals surface area (Å²) in [6, 6.07) is 21.0. The number of esters is 1. The van der Waals surface area contributed by atoms with Crippen LogP contribution in [-0.2, 0) is 32.0 Å². The van der Waals surface area contributed by atoms with Gasteiger partial charge in [0.2, 0.25) is 11.8 Å². The van der Waals surface area contributed by atoms with Crippen molar-refractivity contribution in [3.8, 4) is 0 Å². The van der Waals surface area contributed by atoms with Crippen molar-refractivity contribution in [2.24, 2.45) is 5.73 Å². The van der Waals surface area contributed by atoms with Gasteiger partial charge in [-0.2, -0.15) is 0 Å². The number of ether oxygens (including phenoxy) is 1. The SMILES string of the molecule is CN(C(=O)C(Cc1ccc2ccccc2c1)NC(=O)OC(=O)C=CCC1(N)CCC1)C(Cc1ccccc1)C(=O)N1CCC(O)CC1. The summed E-state index contributed by atoms with van der Waals surface area (Å²) < 4.78 is 5.01. The number of nitrogens with one attached hydrogen (secondary N) is 1. The van der Waals surface area contributed by atoms with Gasteiger partial charge in [0.05, 0.1) is 6.10 Å². The molecule has 0 spiro atoms. The second-order valence-corrected chi connectivity index (χ2v) is 12.8. The van der Waals surface area contributed by atoms with Crippen molar-refractivity contribution >= 4 is 34.6 Å². The standard InChI is InChI=1S/C37H44N4O6/c1-40(32(25-26-9-3-2-4-10-26)35(45)41-21-16-30(42)17-22-41)34(44)31(24-27-14-15-28-11-5-6-12-29(28)23-27)39-36(46)47-33(43)13-7-18-37(38)19-8-20-37/h2-7,9-15,23,30-32,42H,8,16-22,24-25,38H2,1H3,(H,39,46). The van der Waals surface area contributed by atoms with Gasteiger partial charge in [-0.3, -0.25) is 9.59 Å². The molecule has 1 aliphatic carbocycles. The van der Waals surface area contributed by atoms with Gasteiger partial charge in [-0.15, -0.1) is 0 Å². The molecule has 10 heteroatoms. The first kappa shape index (κ1) is 33.8. The number of aliphatic hydroxyl groups is 1. The van der Waals surface area contributed by atoms with Gasteiger partial charge in [0.1, 0.15) is 12.1 Å². The fourth-order valence-corrected chi connectivity index (χ4v) is 6.25. The van der Waals surface area contributed by atoms with E-state index in [0.29, 0.717) is 32.4 Å². The molecule has 1 saturated heterocycles. The minimum Gasteiger partial charge on any atom is -0.393 e. The van der Waals surface area contributed by atoms with E-state index in [1.54, 1.807) is 18.0 Å². The van der Waals surface area contributed by atoms with Crippen LogP contribution in [0, 0.1) is 0 Å². The third kappa shape index (κ3) is 9.05. The number of hydrogen-bond acceptors (Lipinski definition) is 7. The number of benzene rings is 3. The fraction of sp³-hybridized carbons (Fsp3) is 0.405. The topological polar surface area (TPSA) is 142 Å². The molecule has 1 heterocycles. The van der Waals surface area contributed by atoms with Gasteiger partial charge in [-0.25, -0.2) is 9.59 Å². The quantitative estimate of drug-likeness (QED) is 0.164. The molecular formula is C37H44N4O6. The number of nitrogens with two attached hydrogens (primary N) is 1. The minimum absolute atomic E-state index is 0.102. The van der Waals surface area contributed by atoms with E-state index in [4.69, 9.17) is 10.5 Å². The van der Waals surface area contributed by atoms with Crippen molar-refractivity contribution in [1.29, 1.82) is 0 Å². The van der Waals surface area contributed by atoms with Crippen molar-refractivity contribution in [3.63, 3.8) is 0 Å². The molecule has 10 nitrogen and oxygen atoms in total. The molecule has 0 aromatic heterocycles. The third-order valence-corrected chi connectivity index (χ3v) is 9.31. The number of piperidine rings is 1. The number of carbonyl (C=O) groups excluding carboxylic acids is 4. The Morgan fingerprint density at radius 3 is 2.34 bits per heavy atom. The lowest BCUT2D eigenvalue weighted by Crippen LogP contribution is -2.57. The number of nitrogens with zero attached hydrogens (tertiary/aromatic N) is 2. The molecular weight excluding hydrogens is 596 g/mol. The largest absolute Gasteiger partial charge is 0.415 e. The molecule has 248 valence electrons. The Hall–Kier alpha value is -4.54. The number of likely N-dealkylation sites (tertiary alicyclic amines) is 1. The van der Waals surface area contributed by atoms with Crippen molar-refractivity contribution in [1.82, 2.24) is 15.1 Å². The molecule has 47 heavy (non-hydrogen) atoms. The number of fused-ring (bicyclic) bond motifs is 1. The maximum atomic E-state index is 14.3. The van der Waals surface area contributed by atoms with Crippen molar-refractivity contribution in [2.75, 3.05) is 20.1 Å². The third-order valence-electron chi connectivity index (χ3n) is 9.31. The summed E-state index contributed by atoms with van der Waals surface area (Å²) in [5, 5.41) is 14.6. The monoisotopic (exact) mass is 640 g/mol. The first-order valence-electron chi connectivity index (χ1n) is 16.3. The van der Waals surface area contributed by atoms with Gasteiger partial charge in [-0.1, -0.05) is 78.9 Å². The van der Waals surface area contributed by atoms with Crippen LogP contribution in [-0.4, -0.2) is 82.6 Å². The minimum atomic E-state index is -1.14. The van der Waals surface area contributed by atoms with Crippen LogP contribution >= 0.6 is 0 Å². The van der Waals surface area contributed by atoms with E-state index in [9.17, 15) is 24.3 Å². The molecule has 4 N–H and O–H groups in total.